The summed E-state index contributed by atoms with van der Waals surface area (Å²) in [5.74, 6) is -1.30. The van der Waals surface area contributed by atoms with Gasteiger partial charge in [0.15, 0.2) is 0 Å². The van der Waals surface area contributed by atoms with Gasteiger partial charge in [0.25, 0.3) is 0 Å². The number of hydrogen-bond acceptors (Lipinski definition) is 7. The lowest BCUT2D eigenvalue weighted by Gasteiger charge is -2.43. The third kappa shape index (κ3) is 4.24. The summed E-state index contributed by atoms with van der Waals surface area (Å²) in [6, 6.07) is 11.6. The summed E-state index contributed by atoms with van der Waals surface area (Å²) >= 11 is 0. The fourth-order valence-electron chi connectivity index (χ4n) is 5.37. The minimum absolute atomic E-state index is 0.00171. The molecule has 2 saturated heterocycles. The van der Waals surface area contributed by atoms with Crippen molar-refractivity contribution in [2.75, 3.05) is 36.9 Å². The smallest absolute Gasteiger partial charge is 0.126 e. The summed E-state index contributed by atoms with van der Waals surface area (Å²) < 4.78 is 34.6. The van der Waals surface area contributed by atoms with Crippen LogP contribution in [0.2, 0.25) is 0 Å². The second kappa shape index (κ2) is 9.39. The van der Waals surface area contributed by atoms with Crippen molar-refractivity contribution in [2.24, 2.45) is 0 Å². The summed E-state index contributed by atoms with van der Waals surface area (Å²) in [5.41, 5.74) is 10.9. The van der Waals surface area contributed by atoms with Crippen LogP contribution >= 0.6 is 0 Å². The van der Waals surface area contributed by atoms with Crippen LogP contribution in [0.4, 0.5) is 20.2 Å². The lowest BCUT2D eigenvalue weighted by Crippen LogP contribution is -2.57. The van der Waals surface area contributed by atoms with Crippen LogP contribution in [0.3, 0.4) is 0 Å². The summed E-state index contributed by atoms with van der Waals surface area (Å²) in [7, 11) is 0. The number of nitrogens with zero attached hydrogens (tertiary/aromatic N) is 4. The topological polar surface area (TPSA) is 100 Å². The van der Waals surface area contributed by atoms with Gasteiger partial charge in [0.1, 0.15) is 17.7 Å². The molecule has 0 spiro atoms. The molecule has 186 valence electrons. The fourth-order valence-corrected chi connectivity index (χ4v) is 5.37. The van der Waals surface area contributed by atoms with Crippen molar-refractivity contribution in [1.82, 2.24) is 15.3 Å². The first-order chi connectivity index (χ1) is 18.0. The van der Waals surface area contributed by atoms with Gasteiger partial charge in [-0.05, 0) is 41.8 Å². The lowest BCUT2D eigenvalue weighted by molar-refractivity contribution is -0.00896. The van der Waals surface area contributed by atoms with E-state index >= 15 is 0 Å². The van der Waals surface area contributed by atoms with Crippen molar-refractivity contribution in [2.45, 2.75) is 18.6 Å². The Balaban J connectivity index is 1.56. The van der Waals surface area contributed by atoms with E-state index in [1.165, 1.54) is 18.3 Å². The number of ether oxygens (including phenoxy) is 1. The Bertz CT molecular complexity index is 1530. The summed E-state index contributed by atoms with van der Waals surface area (Å²) in [5, 5.41) is 13.8. The molecule has 0 bridgehead atoms. The number of nitrogens with one attached hydrogen (secondary N) is 1. The van der Waals surface area contributed by atoms with Gasteiger partial charge in [-0.15, -0.1) is 0 Å². The normalized spacial score (nSPS) is 19.4. The molecule has 1 unspecified atom stereocenters. The number of anilines is 2. The molecule has 2 atom stereocenters. The van der Waals surface area contributed by atoms with E-state index in [-0.39, 0.29) is 12.1 Å². The standard InChI is InChI=1S/C28H24F2N6O/c29-19-7-17(8-20(30)10-19)23-14-35-24-2-1-16(22-13-33-12-18(11-31)27(22)32)9-21(24)28(23)36-5-3-25-26(15-36)37-6-4-34-25/h1-2,7-10,12-14,25-26,34H,3-6,15H2,(H2,32,33)/t25-,26?/m1/s1. The van der Waals surface area contributed by atoms with Crippen LogP contribution in [0.5, 0.6) is 0 Å². The number of benzene rings is 2. The maximum Gasteiger partial charge on any atom is 0.126 e. The Kier molecular flexibility index (Phi) is 5.91. The van der Waals surface area contributed by atoms with Crippen LogP contribution in [0.1, 0.15) is 12.0 Å². The van der Waals surface area contributed by atoms with Crippen LogP contribution < -0.4 is 16.0 Å². The highest BCUT2D eigenvalue weighted by Gasteiger charge is 2.33. The van der Waals surface area contributed by atoms with Gasteiger partial charge >= 0.3 is 0 Å². The Morgan fingerprint density at radius 1 is 1.05 bits per heavy atom. The lowest BCUT2D eigenvalue weighted by atomic mass is 9.94. The number of morpholine rings is 1. The first kappa shape index (κ1) is 23.3. The van der Waals surface area contributed by atoms with Gasteiger partial charge in [-0.25, -0.2) is 8.78 Å². The number of fused-ring (bicyclic) bond motifs is 2. The quantitative estimate of drug-likeness (QED) is 0.435. The SMILES string of the molecule is N#Cc1cncc(-c2ccc3ncc(-c4cc(F)cc(F)c4)c(N4CC[C@H]5NCCOC5C4)c3c2)c1N. The maximum absolute atomic E-state index is 14.3. The molecule has 0 radical (unpaired) electrons. The van der Waals surface area contributed by atoms with Crippen molar-refractivity contribution < 1.29 is 13.5 Å². The highest BCUT2D eigenvalue weighted by molar-refractivity contribution is 6.02. The third-order valence-electron chi connectivity index (χ3n) is 7.15. The molecule has 2 aromatic heterocycles. The monoisotopic (exact) mass is 498 g/mol. The highest BCUT2D eigenvalue weighted by atomic mass is 19.1. The molecule has 7 nitrogen and oxygen atoms in total. The molecule has 2 aliphatic heterocycles. The Hall–Kier alpha value is -4.13. The van der Waals surface area contributed by atoms with Gasteiger partial charge in [-0.3, -0.25) is 9.97 Å². The van der Waals surface area contributed by atoms with Crippen molar-refractivity contribution in [1.29, 1.82) is 5.26 Å². The molecule has 2 aromatic carbocycles. The van der Waals surface area contributed by atoms with E-state index in [2.05, 4.69) is 26.3 Å². The number of aromatic nitrogens is 2. The van der Waals surface area contributed by atoms with Crippen molar-refractivity contribution >= 4 is 22.3 Å². The molecule has 2 fully saturated rings. The van der Waals surface area contributed by atoms with Gasteiger partial charge in [0.05, 0.1) is 35.2 Å². The van der Waals surface area contributed by atoms with Gasteiger partial charge in [-0.2, -0.15) is 5.26 Å². The number of nitrogen functional groups attached to an aromatic ring is 1. The van der Waals surface area contributed by atoms with Gasteiger partial charge in [0.2, 0.25) is 0 Å². The first-order valence-corrected chi connectivity index (χ1v) is 12.1. The summed E-state index contributed by atoms with van der Waals surface area (Å²) in [4.78, 5) is 11.0. The summed E-state index contributed by atoms with van der Waals surface area (Å²) in [6.07, 6.45) is 5.60. The average Bonchev–Trinajstić information content (AvgIpc) is 2.91. The number of hydrogen-bond donors (Lipinski definition) is 2. The second-order valence-electron chi connectivity index (χ2n) is 9.38. The van der Waals surface area contributed by atoms with Crippen LogP contribution in [0.15, 0.2) is 55.0 Å². The van der Waals surface area contributed by atoms with E-state index in [0.29, 0.717) is 41.1 Å². The largest absolute Gasteiger partial charge is 0.397 e. The van der Waals surface area contributed by atoms with Gasteiger partial charge in [0, 0.05) is 66.8 Å². The van der Waals surface area contributed by atoms with Crippen LogP contribution in [0, 0.1) is 23.0 Å². The minimum atomic E-state index is -0.652. The predicted molar refractivity (Wildman–Crippen MR) is 138 cm³/mol. The van der Waals surface area contributed by atoms with Crippen LogP contribution in [-0.2, 0) is 4.74 Å². The Labute approximate surface area is 212 Å². The maximum atomic E-state index is 14.3. The Morgan fingerprint density at radius 3 is 2.70 bits per heavy atom. The highest BCUT2D eigenvalue weighted by Crippen LogP contribution is 2.41. The predicted octanol–water partition coefficient (Wildman–Crippen LogP) is 4.26. The van der Waals surface area contributed by atoms with E-state index in [1.807, 2.05) is 18.2 Å². The molecule has 3 N–H and O–H groups in total. The molecule has 4 aromatic rings. The second-order valence-corrected chi connectivity index (χ2v) is 9.38. The average molecular weight is 499 g/mol. The number of nitriles is 1. The summed E-state index contributed by atoms with van der Waals surface area (Å²) in [6.45, 7) is 2.83. The zero-order valence-corrected chi connectivity index (χ0v) is 19.9. The zero-order valence-electron chi connectivity index (χ0n) is 19.9. The Morgan fingerprint density at radius 2 is 1.89 bits per heavy atom. The molecule has 0 amide bonds. The van der Waals surface area contributed by atoms with Crippen molar-refractivity contribution in [3.05, 3.63) is 72.2 Å². The van der Waals surface area contributed by atoms with E-state index < -0.39 is 11.6 Å². The molecule has 0 saturated carbocycles. The van der Waals surface area contributed by atoms with Crippen molar-refractivity contribution in [3.63, 3.8) is 0 Å². The molecule has 2 aliphatic rings. The van der Waals surface area contributed by atoms with Crippen LogP contribution in [-0.4, -0.2) is 48.4 Å². The zero-order chi connectivity index (χ0) is 25.5. The third-order valence-corrected chi connectivity index (χ3v) is 7.15. The van der Waals surface area contributed by atoms with Gasteiger partial charge in [-0.1, -0.05) is 6.07 Å². The van der Waals surface area contributed by atoms with E-state index in [9.17, 15) is 14.0 Å². The molecule has 0 aliphatic carbocycles. The number of piperidine rings is 1. The number of pyridine rings is 2. The molecule has 37 heavy (non-hydrogen) atoms. The van der Waals surface area contributed by atoms with E-state index in [0.717, 1.165) is 47.7 Å². The van der Waals surface area contributed by atoms with Gasteiger partial charge < -0.3 is 20.7 Å². The van der Waals surface area contributed by atoms with Crippen LogP contribution in [0.25, 0.3) is 33.2 Å². The first-order valence-electron chi connectivity index (χ1n) is 12.1. The van der Waals surface area contributed by atoms with E-state index in [1.54, 1.807) is 12.4 Å². The molecule has 9 heteroatoms. The molecule has 4 heterocycles. The minimum Gasteiger partial charge on any atom is -0.397 e. The number of halogens is 2. The fraction of sp³-hybridized carbons (Fsp3) is 0.250. The number of nitrogens with two attached hydrogens (primary N) is 1. The molecular formula is C28H24F2N6O. The van der Waals surface area contributed by atoms with Crippen molar-refractivity contribution in [3.8, 4) is 28.3 Å². The van der Waals surface area contributed by atoms with E-state index in [4.69, 9.17) is 10.5 Å². The molecule has 6 rings (SSSR count). The number of rotatable bonds is 3. The molecular weight excluding hydrogens is 474 g/mol.